The third-order valence-electron chi connectivity index (χ3n) is 6.01. The molecular formula is C25H25N4O3S2+. The van der Waals surface area contributed by atoms with E-state index in [2.05, 4.69) is 14.9 Å². The molecule has 3 aliphatic rings. The first-order chi connectivity index (χ1) is 16.5. The van der Waals surface area contributed by atoms with Gasteiger partial charge in [0.15, 0.2) is 0 Å². The van der Waals surface area contributed by atoms with Gasteiger partial charge >= 0.3 is 5.17 Å². The molecule has 0 radical (unpaired) electrons. The van der Waals surface area contributed by atoms with Crippen molar-refractivity contribution in [3.05, 3.63) is 77.5 Å². The van der Waals surface area contributed by atoms with Crippen LogP contribution in [0.5, 0.6) is 0 Å². The number of sulfone groups is 1. The Morgan fingerprint density at radius 3 is 2.62 bits per heavy atom. The maximum Gasteiger partial charge on any atom is 0.419 e. The van der Waals surface area contributed by atoms with Crippen LogP contribution in [0.25, 0.3) is 0 Å². The molecule has 34 heavy (non-hydrogen) atoms. The normalized spacial score (nSPS) is 17.3. The van der Waals surface area contributed by atoms with Gasteiger partial charge < -0.3 is 10.2 Å². The number of carbonyl (C=O) groups excluding carboxylic acids is 1. The maximum atomic E-state index is 13.2. The van der Waals surface area contributed by atoms with Crippen LogP contribution in [-0.2, 0) is 21.2 Å². The number of amidine groups is 1. The molecule has 1 amide bonds. The predicted molar refractivity (Wildman–Crippen MR) is 136 cm³/mol. The minimum atomic E-state index is -3.63. The summed E-state index contributed by atoms with van der Waals surface area (Å²) in [7, 11) is -3.63. The summed E-state index contributed by atoms with van der Waals surface area (Å²) >= 11 is 1.50. The van der Waals surface area contributed by atoms with Gasteiger partial charge in [0, 0.05) is 42.5 Å². The van der Waals surface area contributed by atoms with E-state index < -0.39 is 9.84 Å². The molecule has 2 aromatic carbocycles. The highest BCUT2D eigenvalue weighted by Gasteiger charge is 2.28. The van der Waals surface area contributed by atoms with Crippen molar-refractivity contribution in [2.75, 3.05) is 18.0 Å². The Kier molecular flexibility index (Phi) is 6.32. The number of nitrogens with one attached hydrogen (secondary N) is 1. The second-order valence-electron chi connectivity index (χ2n) is 8.31. The number of piperidine rings is 1. The van der Waals surface area contributed by atoms with Gasteiger partial charge in [0.2, 0.25) is 16.1 Å². The minimum absolute atomic E-state index is 0.237. The Balaban J connectivity index is 1.25. The summed E-state index contributed by atoms with van der Waals surface area (Å²) in [4.78, 5) is 17.1. The highest BCUT2D eigenvalue weighted by Crippen LogP contribution is 2.27. The number of carbonyl (C=O) groups is 1. The van der Waals surface area contributed by atoms with Crippen LogP contribution in [0, 0.1) is 0 Å². The second kappa shape index (κ2) is 9.54. The molecule has 3 aliphatic heterocycles. The third kappa shape index (κ3) is 4.68. The van der Waals surface area contributed by atoms with Gasteiger partial charge in [-0.2, -0.15) is 4.90 Å². The molecule has 2 aromatic rings. The van der Waals surface area contributed by atoms with Crippen molar-refractivity contribution in [3.8, 4) is 0 Å². The van der Waals surface area contributed by atoms with Crippen LogP contribution in [0.15, 0.2) is 81.7 Å². The number of rotatable bonds is 6. The van der Waals surface area contributed by atoms with E-state index in [1.54, 1.807) is 59.8 Å². The lowest BCUT2D eigenvalue weighted by molar-refractivity contribution is -0.117. The van der Waals surface area contributed by atoms with Crippen LogP contribution >= 0.6 is 11.8 Å². The Hall–Kier alpha value is -3.26. The smallest absolute Gasteiger partial charge is 0.372 e. The van der Waals surface area contributed by atoms with E-state index in [0.717, 1.165) is 42.3 Å². The van der Waals surface area contributed by atoms with Gasteiger partial charge in [-0.3, -0.25) is 4.79 Å². The van der Waals surface area contributed by atoms with Gasteiger partial charge in [-0.25, -0.2) is 13.1 Å². The average Bonchev–Trinajstić information content (AvgIpc) is 3.36. The van der Waals surface area contributed by atoms with E-state index in [1.807, 2.05) is 17.7 Å². The fraction of sp³-hybridized carbons (Fsp3) is 0.240. The maximum absolute atomic E-state index is 13.2. The fourth-order valence-electron chi connectivity index (χ4n) is 4.11. The summed E-state index contributed by atoms with van der Waals surface area (Å²) < 4.78 is 30.7. The van der Waals surface area contributed by atoms with Gasteiger partial charge in [-0.05, 0) is 55.2 Å². The van der Waals surface area contributed by atoms with Crippen molar-refractivity contribution in [1.29, 1.82) is 0 Å². The molecule has 0 unspecified atom stereocenters. The molecule has 9 heteroatoms. The Morgan fingerprint density at radius 1 is 1.03 bits per heavy atom. The predicted octanol–water partition coefficient (Wildman–Crippen LogP) is 3.04. The molecule has 1 saturated heterocycles. The zero-order chi connectivity index (χ0) is 23.5. The molecule has 1 N–H and O–H groups in total. The monoisotopic (exact) mass is 493 g/mol. The quantitative estimate of drug-likeness (QED) is 0.623. The molecule has 0 aliphatic carbocycles. The minimum Gasteiger partial charge on any atom is -0.372 e. The number of anilines is 1. The molecule has 0 atom stereocenters. The van der Waals surface area contributed by atoms with E-state index in [-0.39, 0.29) is 17.3 Å². The van der Waals surface area contributed by atoms with Gasteiger partial charge in [0.05, 0.1) is 9.79 Å². The Labute approximate surface area is 203 Å². The molecule has 174 valence electrons. The number of fused-ring (bicyclic) bond motifs is 1. The van der Waals surface area contributed by atoms with Crippen LogP contribution in [-0.4, -0.2) is 43.7 Å². The van der Waals surface area contributed by atoms with E-state index in [1.165, 1.54) is 18.2 Å². The molecule has 3 heterocycles. The van der Waals surface area contributed by atoms with Crippen molar-refractivity contribution in [2.24, 2.45) is 0 Å². The van der Waals surface area contributed by atoms with E-state index >= 15 is 0 Å². The largest absolute Gasteiger partial charge is 0.419 e. The SMILES string of the molecule is O=C(NCc1ccc(S(=O)(=O)c2cccc(N3CCCCC3)c2)cc1)C1=CN2C=CSC2=[N+]=C1. The van der Waals surface area contributed by atoms with Crippen LogP contribution < -0.4 is 14.9 Å². The topological polar surface area (TPSA) is 83.8 Å². The first kappa shape index (κ1) is 22.5. The fourth-order valence-corrected chi connectivity index (χ4v) is 6.07. The summed E-state index contributed by atoms with van der Waals surface area (Å²) in [5.74, 6) is -0.237. The standard InChI is InChI=1S/C25H24N4O3S2/c30-24(20-17-27-25-29(18-20)13-14-33-25)26-16-19-7-9-22(10-8-19)34(31,32)23-6-4-5-21(15-23)28-11-2-1-3-12-28/h4-10,13-15,17-18H,1-3,11-12,16H2/p+1. The van der Waals surface area contributed by atoms with Gasteiger partial charge in [-0.1, -0.05) is 18.2 Å². The highest BCUT2D eigenvalue weighted by molar-refractivity contribution is 8.16. The lowest BCUT2D eigenvalue weighted by Gasteiger charge is -2.29. The third-order valence-corrected chi connectivity index (χ3v) is 8.56. The Bertz CT molecular complexity index is 1330. The van der Waals surface area contributed by atoms with Crippen molar-refractivity contribution in [1.82, 2.24) is 14.9 Å². The van der Waals surface area contributed by atoms with Gasteiger partial charge in [-0.15, -0.1) is 0 Å². The van der Waals surface area contributed by atoms with Crippen LogP contribution in [0.2, 0.25) is 0 Å². The molecule has 7 nitrogen and oxygen atoms in total. The van der Waals surface area contributed by atoms with E-state index in [4.69, 9.17) is 0 Å². The lowest BCUT2D eigenvalue weighted by Crippen LogP contribution is -2.30. The number of hydrogen-bond donors (Lipinski definition) is 1. The number of hydrogen-bond acceptors (Lipinski definition) is 6. The zero-order valence-corrected chi connectivity index (χ0v) is 20.2. The van der Waals surface area contributed by atoms with Crippen molar-refractivity contribution in [2.45, 2.75) is 35.6 Å². The van der Waals surface area contributed by atoms with Gasteiger partial charge in [0.25, 0.3) is 5.91 Å². The summed E-state index contributed by atoms with van der Waals surface area (Å²) in [6, 6.07) is 13.9. The van der Waals surface area contributed by atoms with Gasteiger partial charge in [0.1, 0.15) is 18.0 Å². The zero-order valence-electron chi connectivity index (χ0n) is 18.6. The van der Waals surface area contributed by atoms with Crippen molar-refractivity contribution >= 4 is 44.6 Å². The van der Waals surface area contributed by atoms with Crippen molar-refractivity contribution in [3.63, 3.8) is 0 Å². The van der Waals surface area contributed by atoms with E-state index in [0.29, 0.717) is 10.5 Å². The number of amides is 1. The van der Waals surface area contributed by atoms with Crippen LogP contribution in [0.4, 0.5) is 5.69 Å². The summed E-state index contributed by atoms with van der Waals surface area (Å²) in [5, 5.41) is 5.58. The molecule has 0 aromatic heterocycles. The molecule has 0 bridgehead atoms. The summed E-state index contributed by atoms with van der Waals surface area (Å²) in [5.41, 5.74) is 2.23. The lowest BCUT2D eigenvalue weighted by atomic mass is 10.1. The highest BCUT2D eigenvalue weighted by atomic mass is 32.2. The Morgan fingerprint density at radius 2 is 1.82 bits per heavy atom. The molecular weight excluding hydrogens is 468 g/mol. The van der Waals surface area contributed by atoms with Crippen LogP contribution in [0.1, 0.15) is 24.8 Å². The molecule has 0 spiro atoms. The average molecular weight is 494 g/mol. The number of benzene rings is 2. The number of nitrogens with zero attached hydrogens (tertiary/aromatic N) is 3. The van der Waals surface area contributed by atoms with Crippen LogP contribution in [0.3, 0.4) is 0 Å². The van der Waals surface area contributed by atoms with Crippen molar-refractivity contribution < 1.29 is 13.2 Å². The number of thioether (sulfide) groups is 1. The van der Waals surface area contributed by atoms with E-state index in [9.17, 15) is 13.2 Å². The molecule has 1 fully saturated rings. The first-order valence-corrected chi connectivity index (χ1v) is 13.6. The summed E-state index contributed by atoms with van der Waals surface area (Å²) in [6.45, 7) is 2.20. The first-order valence-electron chi connectivity index (χ1n) is 11.2. The molecule has 0 saturated carbocycles. The second-order valence-corrected chi connectivity index (χ2v) is 11.1. The molecule has 5 rings (SSSR count). The summed E-state index contributed by atoms with van der Waals surface area (Å²) in [6.07, 6.45) is 8.63.